The molecule has 0 bridgehead atoms. The van der Waals surface area contributed by atoms with E-state index in [1.165, 1.54) is 6.42 Å². The van der Waals surface area contributed by atoms with Crippen LogP contribution < -0.4 is 10.2 Å². The average Bonchev–Trinajstić information content (AvgIpc) is 2.37. The van der Waals surface area contributed by atoms with E-state index in [9.17, 15) is 8.42 Å². The maximum atomic E-state index is 12.1. The molecular formula is C13H16ClN3O2S. The normalized spacial score (nSPS) is 24.6. The molecule has 2 heterocycles. The predicted octanol–water partition coefficient (Wildman–Crippen LogP) is 2.63. The highest BCUT2D eigenvalue weighted by Crippen LogP contribution is 2.33. The third-order valence-corrected chi connectivity index (χ3v) is 5.30. The molecule has 1 N–H and O–H groups in total. The van der Waals surface area contributed by atoms with Gasteiger partial charge in [0.2, 0.25) is 5.29 Å². The van der Waals surface area contributed by atoms with Gasteiger partial charge < -0.3 is 10.2 Å². The van der Waals surface area contributed by atoms with E-state index in [-0.39, 0.29) is 10.2 Å². The van der Waals surface area contributed by atoms with Crippen molar-refractivity contribution in [2.75, 3.05) is 23.3 Å². The van der Waals surface area contributed by atoms with E-state index in [1.54, 1.807) is 12.1 Å². The third kappa shape index (κ3) is 2.50. The Labute approximate surface area is 123 Å². The monoisotopic (exact) mass is 313 g/mol. The van der Waals surface area contributed by atoms with Gasteiger partial charge in [-0.1, -0.05) is 6.92 Å². The molecule has 3 rings (SSSR count). The number of hydrogen-bond acceptors (Lipinski definition) is 4. The zero-order valence-corrected chi connectivity index (χ0v) is 12.7. The second-order valence-electron chi connectivity index (χ2n) is 5.36. The van der Waals surface area contributed by atoms with Crippen LogP contribution in [0.1, 0.15) is 19.8 Å². The van der Waals surface area contributed by atoms with Gasteiger partial charge in [0.25, 0.3) is 10.0 Å². The lowest BCUT2D eigenvalue weighted by Gasteiger charge is -2.33. The Morgan fingerprint density at radius 2 is 2.25 bits per heavy atom. The Morgan fingerprint density at radius 1 is 1.45 bits per heavy atom. The van der Waals surface area contributed by atoms with Crippen LogP contribution in [0.2, 0.25) is 0 Å². The molecule has 0 aliphatic carbocycles. The van der Waals surface area contributed by atoms with Gasteiger partial charge >= 0.3 is 0 Å². The van der Waals surface area contributed by atoms with E-state index in [1.807, 2.05) is 6.07 Å². The fourth-order valence-corrected chi connectivity index (χ4v) is 4.13. The average molecular weight is 314 g/mol. The van der Waals surface area contributed by atoms with Crippen LogP contribution in [0.25, 0.3) is 0 Å². The molecule has 1 saturated heterocycles. The summed E-state index contributed by atoms with van der Waals surface area (Å²) >= 11 is 5.69. The van der Waals surface area contributed by atoms with Crippen LogP contribution in [0.15, 0.2) is 27.5 Å². The molecule has 1 aromatic rings. The summed E-state index contributed by atoms with van der Waals surface area (Å²) in [6.45, 7) is 4.13. The molecule has 1 fully saturated rings. The fraction of sp³-hybridized carbons (Fsp3) is 0.462. The quantitative estimate of drug-likeness (QED) is 0.810. The summed E-state index contributed by atoms with van der Waals surface area (Å²) in [6.07, 6.45) is 2.36. The fourth-order valence-electron chi connectivity index (χ4n) is 2.74. The molecule has 0 amide bonds. The summed E-state index contributed by atoms with van der Waals surface area (Å²) in [4.78, 5) is 2.42. The molecule has 0 aromatic heterocycles. The summed E-state index contributed by atoms with van der Waals surface area (Å²) in [5.74, 6) is 0.627. The largest absolute Gasteiger partial charge is 0.371 e. The molecule has 0 saturated carbocycles. The molecule has 5 nitrogen and oxygen atoms in total. The van der Waals surface area contributed by atoms with Crippen molar-refractivity contribution < 1.29 is 8.42 Å². The highest BCUT2D eigenvalue weighted by atomic mass is 35.5. The molecule has 0 radical (unpaired) electrons. The van der Waals surface area contributed by atoms with Crippen molar-refractivity contribution >= 4 is 38.3 Å². The molecule has 20 heavy (non-hydrogen) atoms. The van der Waals surface area contributed by atoms with Gasteiger partial charge in [-0.2, -0.15) is 8.42 Å². The molecule has 1 aromatic carbocycles. The van der Waals surface area contributed by atoms with E-state index < -0.39 is 10.0 Å². The van der Waals surface area contributed by atoms with Crippen LogP contribution in [0.5, 0.6) is 0 Å². The maximum absolute atomic E-state index is 12.1. The standard InChI is InChI=1S/C13H16ClN3O2S/c1-9-3-2-6-17(8-9)10-4-5-11-12(7-10)20(18,19)16-13(14)15-11/h4-5,7,9H,2-3,6,8H2,1H3,(H,15,16)/t9-/m1/s1. The minimum absolute atomic E-state index is 0.114. The Kier molecular flexibility index (Phi) is 3.38. The molecule has 7 heteroatoms. The number of hydrogen-bond donors (Lipinski definition) is 1. The number of nitrogens with one attached hydrogen (secondary N) is 1. The third-order valence-electron chi connectivity index (χ3n) is 3.70. The molecule has 0 unspecified atom stereocenters. The summed E-state index contributed by atoms with van der Waals surface area (Å²) in [7, 11) is -3.70. The second kappa shape index (κ2) is 4.93. The summed E-state index contributed by atoms with van der Waals surface area (Å²) in [5.41, 5.74) is 1.41. The van der Waals surface area contributed by atoms with Crippen LogP contribution in [0, 0.1) is 5.92 Å². The SMILES string of the molecule is C[C@@H]1CCCN(c2ccc3c(c2)S(=O)(=O)N=C(Cl)N3)C1. The second-order valence-corrected chi connectivity index (χ2v) is 7.29. The number of piperidine rings is 1. The van der Waals surface area contributed by atoms with E-state index >= 15 is 0 Å². The minimum Gasteiger partial charge on any atom is -0.371 e. The van der Waals surface area contributed by atoms with Gasteiger partial charge in [-0.15, -0.1) is 4.40 Å². The highest BCUT2D eigenvalue weighted by molar-refractivity contribution is 7.90. The Bertz CT molecular complexity index is 672. The number of nitrogens with zero attached hydrogens (tertiary/aromatic N) is 2. The number of benzene rings is 1. The van der Waals surface area contributed by atoms with Gasteiger partial charge in [0.1, 0.15) is 4.90 Å². The van der Waals surface area contributed by atoms with Crippen molar-refractivity contribution in [3.05, 3.63) is 18.2 Å². The van der Waals surface area contributed by atoms with Crippen molar-refractivity contribution in [2.45, 2.75) is 24.7 Å². The lowest BCUT2D eigenvalue weighted by Crippen LogP contribution is -2.34. The zero-order valence-electron chi connectivity index (χ0n) is 11.1. The molecule has 0 spiro atoms. The molecule has 108 valence electrons. The number of rotatable bonds is 1. The molecular weight excluding hydrogens is 298 g/mol. The Morgan fingerprint density at radius 3 is 3.00 bits per heavy atom. The van der Waals surface area contributed by atoms with Gasteiger partial charge in [0, 0.05) is 18.8 Å². The van der Waals surface area contributed by atoms with E-state index in [0.717, 1.165) is 25.2 Å². The number of fused-ring (bicyclic) bond motifs is 1. The van der Waals surface area contributed by atoms with Gasteiger partial charge in [-0.3, -0.25) is 0 Å². The van der Waals surface area contributed by atoms with Crippen molar-refractivity contribution in [2.24, 2.45) is 10.3 Å². The number of sulfonamides is 1. The van der Waals surface area contributed by atoms with Crippen LogP contribution in [-0.4, -0.2) is 26.8 Å². The molecule has 2 aliphatic heterocycles. The van der Waals surface area contributed by atoms with Gasteiger partial charge in [-0.25, -0.2) is 0 Å². The van der Waals surface area contributed by atoms with E-state index in [0.29, 0.717) is 11.6 Å². The molecule has 1 atom stereocenters. The lowest BCUT2D eigenvalue weighted by atomic mass is 10.00. The van der Waals surface area contributed by atoms with Crippen LogP contribution in [-0.2, 0) is 10.0 Å². The number of amidine groups is 1. The van der Waals surface area contributed by atoms with Crippen molar-refractivity contribution in [1.29, 1.82) is 0 Å². The van der Waals surface area contributed by atoms with Crippen LogP contribution in [0.4, 0.5) is 11.4 Å². The Balaban J connectivity index is 1.99. The van der Waals surface area contributed by atoms with Crippen LogP contribution >= 0.6 is 11.6 Å². The van der Waals surface area contributed by atoms with Gasteiger partial charge in [0.05, 0.1) is 5.69 Å². The predicted molar refractivity (Wildman–Crippen MR) is 81.1 cm³/mol. The maximum Gasteiger partial charge on any atom is 0.287 e. The van der Waals surface area contributed by atoms with E-state index in [4.69, 9.17) is 11.6 Å². The first kappa shape index (κ1) is 13.7. The summed E-state index contributed by atoms with van der Waals surface area (Å²) < 4.78 is 27.6. The number of anilines is 2. The van der Waals surface area contributed by atoms with Gasteiger partial charge in [0.15, 0.2) is 0 Å². The minimum atomic E-state index is -3.70. The smallest absolute Gasteiger partial charge is 0.287 e. The molecule has 2 aliphatic rings. The van der Waals surface area contributed by atoms with Crippen molar-refractivity contribution in [3.8, 4) is 0 Å². The number of halogens is 1. The highest BCUT2D eigenvalue weighted by Gasteiger charge is 2.26. The summed E-state index contributed by atoms with van der Waals surface area (Å²) in [5, 5.41) is 2.66. The summed E-state index contributed by atoms with van der Waals surface area (Å²) in [6, 6.07) is 5.36. The lowest BCUT2D eigenvalue weighted by molar-refractivity contribution is 0.446. The van der Waals surface area contributed by atoms with Crippen molar-refractivity contribution in [3.63, 3.8) is 0 Å². The van der Waals surface area contributed by atoms with Crippen molar-refractivity contribution in [1.82, 2.24) is 0 Å². The first-order chi connectivity index (χ1) is 9.45. The van der Waals surface area contributed by atoms with Crippen LogP contribution in [0.3, 0.4) is 0 Å². The Hall–Kier alpha value is -1.27. The zero-order chi connectivity index (χ0) is 14.3. The van der Waals surface area contributed by atoms with Gasteiger partial charge in [-0.05, 0) is 48.6 Å². The van der Waals surface area contributed by atoms with E-state index in [2.05, 4.69) is 21.5 Å². The first-order valence-electron chi connectivity index (χ1n) is 6.62. The first-order valence-corrected chi connectivity index (χ1v) is 8.44. The topological polar surface area (TPSA) is 61.8 Å².